The molecular formula is C38H28N2. The average Bonchev–Trinajstić information content (AvgIpc) is 3.52. The smallest absolute Gasteiger partial charge is 0.101 e. The molecule has 2 nitrogen and oxygen atoms in total. The number of benzene rings is 5. The quantitative estimate of drug-likeness (QED) is 0.230. The lowest BCUT2D eigenvalue weighted by molar-refractivity contribution is 0.660. The molecule has 2 heterocycles. The van der Waals surface area contributed by atoms with E-state index >= 15 is 0 Å². The Kier molecular flexibility index (Phi) is 4.90. The van der Waals surface area contributed by atoms with Gasteiger partial charge >= 0.3 is 0 Å². The van der Waals surface area contributed by atoms with E-state index in [-0.39, 0.29) is 5.41 Å². The molecule has 40 heavy (non-hydrogen) atoms. The van der Waals surface area contributed by atoms with Gasteiger partial charge in [0.15, 0.2) is 0 Å². The fourth-order valence-corrected chi connectivity index (χ4v) is 6.63. The van der Waals surface area contributed by atoms with Crippen molar-refractivity contribution in [2.45, 2.75) is 19.3 Å². The van der Waals surface area contributed by atoms with E-state index in [1.54, 1.807) is 0 Å². The molecule has 7 aromatic rings. The van der Waals surface area contributed by atoms with E-state index in [1.165, 1.54) is 44.2 Å². The fourth-order valence-electron chi connectivity index (χ4n) is 6.63. The van der Waals surface area contributed by atoms with E-state index in [0.717, 1.165) is 28.0 Å². The summed E-state index contributed by atoms with van der Waals surface area (Å²) in [5.41, 5.74) is 13.2. The summed E-state index contributed by atoms with van der Waals surface area (Å²) in [4.78, 5) is 0. The first-order valence-corrected chi connectivity index (χ1v) is 13.9. The zero-order valence-corrected chi connectivity index (χ0v) is 22.6. The van der Waals surface area contributed by atoms with Crippen LogP contribution in [0.1, 0.15) is 25.0 Å². The average molecular weight is 513 g/mol. The maximum Gasteiger partial charge on any atom is 0.101 e. The van der Waals surface area contributed by atoms with Crippen LogP contribution in [-0.4, -0.2) is 9.61 Å². The van der Waals surface area contributed by atoms with Gasteiger partial charge in [-0.1, -0.05) is 135 Å². The zero-order chi connectivity index (χ0) is 26.8. The Balaban J connectivity index is 1.48. The predicted octanol–water partition coefficient (Wildman–Crippen LogP) is 9.79. The van der Waals surface area contributed by atoms with E-state index in [1.807, 2.05) is 0 Å². The van der Waals surface area contributed by atoms with Crippen molar-refractivity contribution in [3.63, 3.8) is 0 Å². The Labute approximate surface area is 234 Å². The highest BCUT2D eigenvalue weighted by atomic mass is 15.2. The molecule has 0 spiro atoms. The van der Waals surface area contributed by atoms with Crippen molar-refractivity contribution < 1.29 is 0 Å². The third-order valence-corrected chi connectivity index (χ3v) is 8.61. The van der Waals surface area contributed by atoms with Gasteiger partial charge in [-0.25, -0.2) is 4.52 Å². The number of rotatable bonds is 3. The molecule has 0 saturated heterocycles. The van der Waals surface area contributed by atoms with Crippen LogP contribution in [0.25, 0.3) is 61.1 Å². The molecule has 1 aliphatic carbocycles. The van der Waals surface area contributed by atoms with Crippen molar-refractivity contribution in [3.8, 4) is 44.8 Å². The summed E-state index contributed by atoms with van der Waals surface area (Å²) in [6.07, 6.45) is 0. The van der Waals surface area contributed by atoms with Gasteiger partial charge in [0, 0.05) is 27.5 Å². The highest BCUT2D eigenvalue weighted by Crippen LogP contribution is 2.50. The summed E-state index contributed by atoms with van der Waals surface area (Å²) < 4.78 is 2.17. The Bertz CT molecular complexity index is 2060. The molecule has 0 atom stereocenters. The van der Waals surface area contributed by atoms with Crippen molar-refractivity contribution in [1.29, 1.82) is 0 Å². The van der Waals surface area contributed by atoms with Gasteiger partial charge in [-0.15, -0.1) is 0 Å². The predicted molar refractivity (Wildman–Crippen MR) is 167 cm³/mol. The highest BCUT2D eigenvalue weighted by molar-refractivity contribution is 6.08. The van der Waals surface area contributed by atoms with Crippen LogP contribution in [0.4, 0.5) is 0 Å². The van der Waals surface area contributed by atoms with Crippen LogP contribution < -0.4 is 0 Å². The number of pyridine rings is 1. The molecule has 2 heteroatoms. The molecule has 5 aromatic carbocycles. The topological polar surface area (TPSA) is 17.3 Å². The Morgan fingerprint density at radius 1 is 0.550 bits per heavy atom. The molecule has 0 aliphatic heterocycles. The normalized spacial score (nSPS) is 13.4. The number of nitrogens with zero attached hydrogens (tertiary/aromatic N) is 2. The maximum atomic E-state index is 5.42. The SMILES string of the molecule is CC1(C)c2ccccc2-c2ccc(-c3nn4c(-c5ccccc5)cc5ccccc5c4c3-c3ccccc3)cc21. The highest BCUT2D eigenvalue weighted by Gasteiger charge is 2.35. The van der Waals surface area contributed by atoms with Gasteiger partial charge in [-0.05, 0) is 45.3 Å². The van der Waals surface area contributed by atoms with E-state index < -0.39 is 0 Å². The molecule has 0 saturated carbocycles. The maximum absolute atomic E-state index is 5.42. The minimum atomic E-state index is -0.0735. The first kappa shape index (κ1) is 23.0. The molecule has 190 valence electrons. The number of hydrogen-bond acceptors (Lipinski definition) is 1. The standard InChI is InChI=1S/C38H28N2/c1-38(2)32-20-12-11-19-30(32)31-22-21-28(23-33(31)38)36-35(26-15-7-4-8-16-26)37-29-18-10-9-17-27(29)24-34(40(37)39-36)25-13-5-3-6-14-25/h3-24H,1-2H3. The monoisotopic (exact) mass is 512 g/mol. The fraction of sp³-hybridized carbons (Fsp3) is 0.0789. The molecular weight excluding hydrogens is 484 g/mol. The third kappa shape index (κ3) is 3.26. The van der Waals surface area contributed by atoms with E-state index in [2.05, 4.69) is 152 Å². The van der Waals surface area contributed by atoms with Gasteiger partial charge < -0.3 is 0 Å². The Morgan fingerprint density at radius 3 is 2.00 bits per heavy atom. The molecule has 0 radical (unpaired) electrons. The second-order valence-electron chi connectivity index (χ2n) is 11.3. The van der Waals surface area contributed by atoms with Crippen molar-refractivity contribution >= 4 is 16.3 Å². The third-order valence-electron chi connectivity index (χ3n) is 8.61. The van der Waals surface area contributed by atoms with Gasteiger partial charge in [-0.3, -0.25) is 0 Å². The van der Waals surface area contributed by atoms with Gasteiger partial charge in [-0.2, -0.15) is 5.10 Å². The van der Waals surface area contributed by atoms with E-state index in [9.17, 15) is 0 Å². The molecule has 2 aromatic heterocycles. The summed E-state index contributed by atoms with van der Waals surface area (Å²) in [6, 6.07) is 48.0. The number of fused-ring (bicyclic) bond motifs is 6. The number of aromatic nitrogens is 2. The van der Waals surface area contributed by atoms with Gasteiger partial charge in [0.1, 0.15) is 5.69 Å². The van der Waals surface area contributed by atoms with Crippen molar-refractivity contribution in [3.05, 3.63) is 145 Å². The van der Waals surface area contributed by atoms with Crippen LogP contribution in [-0.2, 0) is 5.41 Å². The summed E-state index contributed by atoms with van der Waals surface area (Å²) in [5, 5.41) is 7.84. The largest absolute Gasteiger partial charge is 0.231 e. The second kappa shape index (κ2) is 8.53. The van der Waals surface area contributed by atoms with Crippen LogP contribution in [0.3, 0.4) is 0 Å². The molecule has 0 fully saturated rings. The Hall–Kier alpha value is -4.95. The van der Waals surface area contributed by atoms with Gasteiger partial charge in [0.05, 0.1) is 11.2 Å². The van der Waals surface area contributed by atoms with Crippen LogP contribution in [0.5, 0.6) is 0 Å². The molecule has 0 unspecified atom stereocenters. The summed E-state index contributed by atoms with van der Waals surface area (Å²) in [6.45, 7) is 4.68. The van der Waals surface area contributed by atoms with Gasteiger partial charge in [0.2, 0.25) is 0 Å². The Morgan fingerprint density at radius 2 is 1.20 bits per heavy atom. The first-order valence-electron chi connectivity index (χ1n) is 13.9. The van der Waals surface area contributed by atoms with Crippen LogP contribution in [0, 0.1) is 0 Å². The summed E-state index contributed by atoms with van der Waals surface area (Å²) >= 11 is 0. The van der Waals surface area contributed by atoms with Crippen LogP contribution in [0.2, 0.25) is 0 Å². The van der Waals surface area contributed by atoms with Crippen LogP contribution >= 0.6 is 0 Å². The van der Waals surface area contributed by atoms with Crippen molar-refractivity contribution in [1.82, 2.24) is 9.61 Å². The summed E-state index contributed by atoms with van der Waals surface area (Å²) in [5.74, 6) is 0. The molecule has 0 amide bonds. The van der Waals surface area contributed by atoms with Crippen molar-refractivity contribution in [2.75, 3.05) is 0 Å². The lowest BCUT2D eigenvalue weighted by atomic mass is 9.81. The minimum Gasteiger partial charge on any atom is -0.231 e. The lowest BCUT2D eigenvalue weighted by Crippen LogP contribution is -2.14. The summed E-state index contributed by atoms with van der Waals surface area (Å²) in [7, 11) is 0. The van der Waals surface area contributed by atoms with E-state index in [0.29, 0.717) is 0 Å². The molecule has 0 bridgehead atoms. The molecule has 8 rings (SSSR count). The first-order chi connectivity index (χ1) is 19.6. The van der Waals surface area contributed by atoms with Crippen LogP contribution in [0.15, 0.2) is 133 Å². The minimum absolute atomic E-state index is 0.0735. The van der Waals surface area contributed by atoms with E-state index in [4.69, 9.17) is 5.10 Å². The molecule has 0 N–H and O–H groups in total. The number of hydrogen-bond donors (Lipinski definition) is 0. The van der Waals surface area contributed by atoms with Gasteiger partial charge in [0.25, 0.3) is 0 Å². The zero-order valence-electron chi connectivity index (χ0n) is 22.6. The van der Waals surface area contributed by atoms with Crippen molar-refractivity contribution in [2.24, 2.45) is 0 Å². The second-order valence-corrected chi connectivity index (χ2v) is 11.3. The molecule has 1 aliphatic rings. The lowest BCUT2D eigenvalue weighted by Gasteiger charge is -2.21.